The van der Waals surface area contributed by atoms with Crippen LogP contribution in [0.3, 0.4) is 0 Å². The molecular formula is C17H17N3O4S. The third-order valence-electron chi connectivity index (χ3n) is 3.90. The summed E-state index contributed by atoms with van der Waals surface area (Å²) in [6.45, 7) is 0. The number of fused-ring (bicyclic) bond motifs is 1. The van der Waals surface area contributed by atoms with Crippen LogP contribution < -0.4 is 0 Å². The smallest absolute Gasteiger partial charge is 0.307 e. The Bertz CT molecular complexity index is 1050. The van der Waals surface area contributed by atoms with E-state index in [4.69, 9.17) is 5.11 Å². The summed E-state index contributed by atoms with van der Waals surface area (Å²) in [6.07, 6.45) is 3.05. The lowest BCUT2D eigenvalue weighted by Crippen LogP contribution is -2.22. The van der Waals surface area contributed by atoms with Gasteiger partial charge in [-0.15, -0.1) is 0 Å². The molecule has 0 atom stereocenters. The molecule has 0 aliphatic heterocycles. The van der Waals surface area contributed by atoms with Gasteiger partial charge in [-0.05, 0) is 23.8 Å². The largest absolute Gasteiger partial charge is 0.481 e. The van der Waals surface area contributed by atoms with E-state index in [0.717, 1.165) is 0 Å². The first kappa shape index (κ1) is 17.1. The molecule has 0 fully saturated rings. The summed E-state index contributed by atoms with van der Waals surface area (Å²) < 4.78 is 27.9. The second kappa shape index (κ2) is 6.30. The number of nitrogens with zero attached hydrogens (tertiary/aromatic N) is 3. The number of rotatable bonds is 5. The van der Waals surface area contributed by atoms with Crippen LogP contribution in [-0.4, -0.2) is 47.5 Å². The van der Waals surface area contributed by atoms with Gasteiger partial charge in [-0.3, -0.25) is 4.79 Å². The molecule has 2 heterocycles. The lowest BCUT2D eigenvalue weighted by atomic mass is 10.1. The molecule has 0 radical (unpaired) electrons. The van der Waals surface area contributed by atoms with Gasteiger partial charge in [0.2, 0.25) is 10.0 Å². The van der Waals surface area contributed by atoms with Crippen molar-refractivity contribution in [2.75, 3.05) is 14.1 Å². The van der Waals surface area contributed by atoms with E-state index in [9.17, 15) is 13.2 Å². The molecule has 3 rings (SSSR count). The summed E-state index contributed by atoms with van der Waals surface area (Å²) in [5.74, 6) is -0.948. The van der Waals surface area contributed by atoms with Crippen molar-refractivity contribution in [1.29, 1.82) is 0 Å². The molecule has 1 aromatic carbocycles. The number of aromatic nitrogens is 2. The van der Waals surface area contributed by atoms with Crippen LogP contribution >= 0.6 is 0 Å². The van der Waals surface area contributed by atoms with E-state index in [1.54, 1.807) is 47.1 Å². The second-order valence-electron chi connectivity index (χ2n) is 5.77. The quantitative estimate of drug-likeness (QED) is 0.751. The van der Waals surface area contributed by atoms with E-state index in [2.05, 4.69) is 5.10 Å². The highest BCUT2D eigenvalue weighted by Gasteiger charge is 2.22. The van der Waals surface area contributed by atoms with Gasteiger partial charge in [0.05, 0.1) is 23.0 Å². The molecule has 130 valence electrons. The summed E-state index contributed by atoms with van der Waals surface area (Å²) >= 11 is 0. The van der Waals surface area contributed by atoms with Crippen molar-refractivity contribution in [3.63, 3.8) is 0 Å². The molecule has 0 bridgehead atoms. The van der Waals surface area contributed by atoms with Crippen molar-refractivity contribution in [1.82, 2.24) is 13.9 Å². The summed E-state index contributed by atoms with van der Waals surface area (Å²) in [6, 6.07) is 10.2. The number of carboxylic acid groups (broad SMARTS) is 1. The third kappa shape index (κ3) is 3.13. The lowest BCUT2D eigenvalue weighted by molar-refractivity contribution is -0.136. The molecule has 8 heteroatoms. The van der Waals surface area contributed by atoms with Crippen molar-refractivity contribution in [2.45, 2.75) is 11.3 Å². The Morgan fingerprint density at radius 3 is 2.64 bits per heavy atom. The van der Waals surface area contributed by atoms with E-state index in [-0.39, 0.29) is 11.3 Å². The first-order chi connectivity index (χ1) is 11.8. The molecule has 3 aromatic rings. The minimum atomic E-state index is -3.61. The first-order valence-electron chi connectivity index (χ1n) is 7.50. The standard InChI is InChI=1S/C17H17N3O4S/c1-19(2)25(23,24)16-6-4-3-5-14(16)12-7-8-20-15(9-12)13(11-18-20)10-17(21)22/h3-9,11H,10H2,1-2H3,(H,21,22). The highest BCUT2D eigenvalue weighted by molar-refractivity contribution is 7.89. The highest BCUT2D eigenvalue weighted by Crippen LogP contribution is 2.30. The van der Waals surface area contributed by atoms with Crippen LogP contribution in [0.5, 0.6) is 0 Å². The predicted molar refractivity (Wildman–Crippen MR) is 92.8 cm³/mol. The summed E-state index contributed by atoms with van der Waals surface area (Å²) in [4.78, 5) is 11.2. The van der Waals surface area contributed by atoms with Crippen LogP contribution in [0.1, 0.15) is 5.56 Å². The number of pyridine rings is 1. The van der Waals surface area contributed by atoms with Gasteiger partial charge in [0.15, 0.2) is 0 Å². The van der Waals surface area contributed by atoms with Crippen LogP contribution in [0.4, 0.5) is 0 Å². The maximum atomic E-state index is 12.6. The fourth-order valence-corrected chi connectivity index (χ4v) is 3.73. The SMILES string of the molecule is CN(C)S(=O)(=O)c1ccccc1-c1ccn2ncc(CC(=O)O)c2c1. The van der Waals surface area contributed by atoms with Gasteiger partial charge in [0, 0.05) is 31.4 Å². The number of aliphatic carboxylic acids is 1. The average molecular weight is 359 g/mol. The number of sulfonamides is 1. The Hall–Kier alpha value is -2.71. The number of hydrogen-bond donors (Lipinski definition) is 1. The molecule has 0 amide bonds. The Balaban J connectivity index is 2.19. The Labute approximate surface area is 145 Å². The van der Waals surface area contributed by atoms with Gasteiger partial charge >= 0.3 is 5.97 Å². The van der Waals surface area contributed by atoms with E-state index < -0.39 is 16.0 Å². The van der Waals surface area contributed by atoms with Gasteiger partial charge in [-0.2, -0.15) is 5.10 Å². The summed E-state index contributed by atoms with van der Waals surface area (Å²) in [5, 5.41) is 13.2. The van der Waals surface area contributed by atoms with Crippen molar-refractivity contribution < 1.29 is 18.3 Å². The predicted octanol–water partition coefficient (Wildman–Crippen LogP) is 1.88. The van der Waals surface area contributed by atoms with Gasteiger partial charge < -0.3 is 5.11 Å². The average Bonchev–Trinajstić information content (AvgIpc) is 2.96. The van der Waals surface area contributed by atoms with Crippen molar-refractivity contribution in [2.24, 2.45) is 0 Å². The molecule has 0 unspecified atom stereocenters. The van der Waals surface area contributed by atoms with Crippen LogP contribution in [-0.2, 0) is 21.2 Å². The topological polar surface area (TPSA) is 92.0 Å². The molecule has 0 spiro atoms. The zero-order chi connectivity index (χ0) is 18.2. The summed E-state index contributed by atoms with van der Waals surface area (Å²) in [5.41, 5.74) is 2.45. The number of hydrogen-bond acceptors (Lipinski definition) is 4. The normalized spacial score (nSPS) is 12.0. The zero-order valence-electron chi connectivity index (χ0n) is 13.7. The number of benzene rings is 1. The van der Waals surface area contributed by atoms with Crippen molar-refractivity contribution >= 4 is 21.5 Å². The Morgan fingerprint density at radius 2 is 1.96 bits per heavy atom. The second-order valence-corrected chi connectivity index (χ2v) is 7.89. The molecule has 0 saturated heterocycles. The Kier molecular flexibility index (Phi) is 4.32. The molecule has 25 heavy (non-hydrogen) atoms. The highest BCUT2D eigenvalue weighted by atomic mass is 32.2. The molecule has 1 N–H and O–H groups in total. The molecule has 0 aliphatic carbocycles. The van der Waals surface area contributed by atoms with E-state index in [0.29, 0.717) is 22.2 Å². The molecule has 0 saturated carbocycles. The molecular weight excluding hydrogens is 342 g/mol. The van der Waals surface area contributed by atoms with Crippen LogP contribution in [0.25, 0.3) is 16.6 Å². The maximum Gasteiger partial charge on any atom is 0.307 e. The first-order valence-corrected chi connectivity index (χ1v) is 8.94. The molecule has 2 aromatic heterocycles. The third-order valence-corrected chi connectivity index (χ3v) is 5.77. The van der Waals surface area contributed by atoms with Gasteiger partial charge in [0.25, 0.3) is 0 Å². The minimum Gasteiger partial charge on any atom is -0.481 e. The van der Waals surface area contributed by atoms with Crippen LogP contribution in [0, 0.1) is 0 Å². The minimum absolute atomic E-state index is 0.148. The van der Waals surface area contributed by atoms with Crippen molar-refractivity contribution in [3.05, 3.63) is 54.4 Å². The summed E-state index contributed by atoms with van der Waals surface area (Å²) in [7, 11) is -0.641. The fraction of sp³-hybridized carbons (Fsp3) is 0.176. The van der Waals surface area contributed by atoms with E-state index in [1.165, 1.54) is 24.6 Å². The fourth-order valence-electron chi connectivity index (χ4n) is 2.62. The van der Waals surface area contributed by atoms with Gasteiger partial charge in [-0.25, -0.2) is 17.2 Å². The zero-order valence-corrected chi connectivity index (χ0v) is 14.6. The van der Waals surface area contributed by atoms with Crippen LogP contribution in [0.15, 0.2) is 53.7 Å². The monoisotopic (exact) mass is 359 g/mol. The maximum absolute atomic E-state index is 12.6. The van der Waals surface area contributed by atoms with Crippen molar-refractivity contribution in [3.8, 4) is 11.1 Å². The number of carbonyl (C=O) groups is 1. The Morgan fingerprint density at radius 1 is 1.24 bits per heavy atom. The van der Waals surface area contributed by atoms with Crippen LogP contribution in [0.2, 0.25) is 0 Å². The molecule has 0 aliphatic rings. The van der Waals surface area contributed by atoms with E-state index >= 15 is 0 Å². The van der Waals surface area contributed by atoms with E-state index in [1.807, 2.05) is 0 Å². The number of carboxylic acids is 1. The lowest BCUT2D eigenvalue weighted by Gasteiger charge is -2.15. The molecule has 7 nitrogen and oxygen atoms in total. The van der Waals surface area contributed by atoms with Gasteiger partial charge in [-0.1, -0.05) is 18.2 Å². The van der Waals surface area contributed by atoms with Gasteiger partial charge in [0.1, 0.15) is 0 Å².